The monoisotopic (exact) mass is 314 g/mol. The SMILES string of the molecule is CC1(C)OB(/C=C/c2ccc(OC(F)(F)F)cc2)OC1(C)C. The van der Waals surface area contributed by atoms with Gasteiger partial charge in [-0.3, -0.25) is 0 Å². The van der Waals surface area contributed by atoms with Gasteiger partial charge in [0, 0.05) is 0 Å². The molecule has 0 saturated carbocycles. The van der Waals surface area contributed by atoms with Crippen LogP contribution in [0.3, 0.4) is 0 Å². The summed E-state index contributed by atoms with van der Waals surface area (Å²) >= 11 is 0. The molecule has 1 aromatic rings. The van der Waals surface area contributed by atoms with Crippen LogP contribution in [0.15, 0.2) is 30.2 Å². The molecule has 0 amide bonds. The highest BCUT2D eigenvalue weighted by Gasteiger charge is 2.49. The Morgan fingerprint density at radius 3 is 1.95 bits per heavy atom. The zero-order valence-electron chi connectivity index (χ0n) is 12.9. The van der Waals surface area contributed by atoms with Gasteiger partial charge in [0.15, 0.2) is 0 Å². The Morgan fingerprint density at radius 1 is 1.00 bits per heavy atom. The molecule has 0 atom stereocenters. The number of ether oxygens (including phenoxy) is 1. The molecule has 7 heteroatoms. The van der Waals surface area contributed by atoms with Gasteiger partial charge in [0.25, 0.3) is 0 Å². The van der Waals surface area contributed by atoms with Crippen molar-refractivity contribution < 1.29 is 27.2 Å². The number of rotatable bonds is 3. The molecule has 0 N–H and O–H groups in total. The molecular formula is C15H18BF3O3. The Hall–Kier alpha value is -1.47. The molecule has 0 aromatic heterocycles. The lowest BCUT2D eigenvalue weighted by molar-refractivity contribution is -0.274. The van der Waals surface area contributed by atoms with Crippen LogP contribution in [0.25, 0.3) is 6.08 Å². The van der Waals surface area contributed by atoms with Crippen LogP contribution in [-0.2, 0) is 9.31 Å². The Morgan fingerprint density at radius 2 is 1.50 bits per heavy atom. The number of hydrogen-bond donors (Lipinski definition) is 0. The summed E-state index contributed by atoms with van der Waals surface area (Å²) in [5.74, 6) is 1.48. The molecule has 1 aromatic carbocycles. The van der Waals surface area contributed by atoms with Crippen molar-refractivity contribution in [2.24, 2.45) is 0 Å². The summed E-state index contributed by atoms with van der Waals surface area (Å²) in [6.45, 7) is 7.79. The standard InChI is InChI=1S/C15H18BF3O3/c1-13(2)14(3,4)22-16(21-13)10-9-11-5-7-12(8-6-11)20-15(17,18)19/h5-10H,1-4H3/b10-9+. The summed E-state index contributed by atoms with van der Waals surface area (Å²) in [4.78, 5) is 0. The van der Waals surface area contributed by atoms with E-state index < -0.39 is 24.7 Å². The van der Waals surface area contributed by atoms with E-state index in [1.54, 1.807) is 12.1 Å². The van der Waals surface area contributed by atoms with Gasteiger partial charge in [-0.2, -0.15) is 0 Å². The van der Waals surface area contributed by atoms with Gasteiger partial charge in [0.2, 0.25) is 0 Å². The third-order valence-electron chi connectivity index (χ3n) is 3.83. The third kappa shape index (κ3) is 4.05. The van der Waals surface area contributed by atoms with E-state index in [2.05, 4.69) is 4.74 Å². The van der Waals surface area contributed by atoms with Gasteiger partial charge in [0.05, 0.1) is 11.2 Å². The molecule has 1 aliphatic rings. The first-order chi connectivity index (χ1) is 9.98. The third-order valence-corrected chi connectivity index (χ3v) is 3.83. The molecule has 1 fully saturated rings. The first kappa shape index (κ1) is 16.9. The van der Waals surface area contributed by atoms with Crippen molar-refractivity contribution in [3.8, 4) is 5.75 Å². The molecule has 1 aliphatic heterocycles. The maximum atomic E-state index is 12.1. The second-order valence-electron chi connectivity index (χ2n) is 6.10. The summed E-state index contributed by atoms with van der Waals surface area (Å²) in [6.07, 6.45) is -2.94. The quantitative estimate of drug-likeness (QED) is 0.782. The van der Waals surface area contributed by atoms with Gasteiger partial charge in [-0.15, -0.1) is 13.2 Å². The summed E-state index contributed by atoms with van der Waals surface area (Å²) in [7, 11) is -0.490. The molecule has 3 nitrogen and oxygen atoms in total. The second kappa shape index (κ2) is 5.63. The van der Waals surface area contributed by atoms with Crippen LogP contribution in [-0.4, -0.2) is 24.7 Å². The minimum absolute atomic E-state index is 0.250. The average molecular weight is 314 g/mol. The van der Waals surface area contributed by atoms with Crippen molar-refractivity contribution in [3.05, 3.63) is 35.8 Å². The highest BCUT2D eigenvalue weighted by atomic mass is 19.4. The molecular weight excluding hydrogens is 296 g/mol. The van der Waals surface area contributed by atoms with Crippen LogP contribution in [0.5, 0.6) is 5.75 Å². The molecule has 0 bridgehead atoms. The number of hydrogen-bond acceptors (Lipinski definition) is 3. The van der Waals surface area contributed by atoms with Gasteiger partial charge in [-0.25, -0.2) is 0 Å². The molecule has 0 unspecified atom stereocenters. The fraction of sp³-hybridized carbons (Fsp3) is 0.467. The summed E-state index contributed by atoms with van der Waals surface area (Å²) in [5, 5.41) is 0. The molecule has 2 rings (SSSR count). The largest absolute Gasteiger partial charge is 0.573 e. The summed E-state index contributed by atoms with van der Waals surface area (Å²) in [5.41, 5.74) is -0.122. The zero-order chi connectivity index (χ0) is 16.6. The first-order valence-electron chi connectivity index (χ1n) is 6.88. The van der Waals surface area contributed by atoms with Gasteiger partial charge < -0.3 is 14.0 Å². The van der Waals surface area contributed by atoms with E-state index in [4.69, 9.17) is 9.31 Å². The normalized spacial score (nSPS) is 20.6. The molecule has 1 saturated heterocycles. The number of halogens is 3. The van der Waals surface area contributed by atoms with E-state index in [1.807, 2.05) is 27.7 Å². The number of alkyl halides is 3. The predicted octanol–water partition coefficient (Wildman–Crippen LogP) is 4.23. The highest BCUT2D eigenvalue weighted by molar-refractivity contribution is 6.52. The maximum absolute atomic E-state index is 12.1. The lowest BCUT2D eigenvalue weighted by Gasteiger charge is -2.32. The summed E-state index contributed by atoms with van der Waals surface area (Å²) < 4.78 is 51.6. The molecule has 22 heavy (non-hydrogen) atoms. The Bertz CT molecular complexity index is 534. The van der Waals surface area contributed by atoms with Gasteiger partial charge in [-0.05, 0) is 45.4 Å². The van der Waals surface area contributed by atoms with Crippen molar-refractivity contribution in [3.63, 3.8) is 0 Å². The first-order valence-corrected chi connectivity index (χ1v) is 6.88. The molecule has 0 radical (unpaired) electrons. The van der Waals surface area contributed by atoms with Crippen LogP contribution in [0.1, 0.15) is 33.3 Å². The summed E-state index contributed by atoms with van der Waals surface area (Å²) in [6, 6.07) is 5.58. The lowest BCUT2D eigenvalue weighted by atomic mass is 9.89. The second-order valence-corrected chi connectivity index (χ2v) is 6.10. The van der Waals surface area contributed by atoms with E-state index >= 15 is 0 Å². The molecule has 1 heterocycles. The van der Waals surface area contributed by atoms with Crippen molar-refractivity contribution in [2.75, 3.05) is 0 Å². The average Bonchev–Trinajstić information content (AvgIpc) is 2.55. The van der Waals surface area contributed by atoms with Gasteiger partial charge in [0.1, 0.15) is 5.75 Å². The fourth-order valence-corrected chi connectivity index (χ4v) is 1.94. The molecule has 120 valence electrons. The Labute approximate surface area is 128 Å². The highest BCUT2D eigenvalue weighted by Crippen LogP contribution is 2.37. The van der Waals surface area contributed by atoms with Crippen LogP contribution in [0, 0.1) is 0 Å². The van der Waals surface area contributed by atoms with Gasteiger partial charge in [-0.1, -0.05) is 24.2 Å². The van der Waals surface area contributed by atoms with E-state index in [9.17, 15) is 13.2 Å². The molecule has 0 spiro atoms. The van der Waals surface area contributed by atoms with Crippen LogP contribution in [0.4, 0.5) is 13.2 Å². The number of benzene rings is 1. The maximum Gasteiger partial charge on any atom is 0.573 e. The minimum atomic E-state index is -4.68. The molecule has 0 aliphatic carbocycles. The van der Waals surface area contributed by atoms with Crippen molar-refractivity contribution in [1.82, 2.24) is 0 Å². The van der Waals surface area contributed by atoms with Crippen LogP contribution in [0.2, 0.25) is 0 Å². The smallest absolute Gasteiger partial charge is 0.406 e. The van der Waals surface area contributed by atoms with Crippen LogP contribution >= 0.6 is 0 Å². The lowest BCUT2D eigenvalue weighted by Crippen LogP contribution is -2.41. The van der Waals surface area contributed by atoms with Gasteiger partial charge >= 0.3 is 13.5 Å². The minimum Gasteiger partial charge on any atom is -0.406 e. The van der Waals surface area contributed by atoms with Crippen molar-refractivity contribution in [2.45, 2.75) is 45.3 Å². The Kier molecular flexibility index (Phi) is 4.32. The predicted molar refractivity (Wildman–Crippen MR) is 78.2 cm³/mol. The van der Waals surface area contributed by atoms with Crippen molar-refractivity contribution >= 4 is 13.2 Å². The zero-order valence-corrected chi connectivity index (χ0v) is 12.9. The van der Waals surface area contributed by atoms with Crippen LogP contribution < -0.4 is 4.74 Å². The topological polar surface area (TPSA) is 27.7 Å². The fourth-order valence-electron chi connectivity index (χ4n) is 1.94. The van der Waals surface area contributed by atoms with E-state index in [0.717, 1.165) is 5.56 Å². The van der Waals surface area contributed by atoms with E-state index in [0.29, 0.717) is 0 Å². The van der Waals surface area contributed by atoms with E-state index in [-0.39, 0.29) is 5.75 Å². The van der Waals surface area contributed by atoms with E-state index in [1.165, 1.54) is 24.3 Å². The Balaban J connectivity index is 2.00. The van der Waals surface area contributed by atoms with Crippen molar-refractivity contribution in [1.29, 1.82) is 0 Å².